The molecule has 1 aliphatic heterocycles. The lowest BCUT2D eigenvalue weighted by Crippen LogP contribution is -2.54. The lowest BCUT2D eigenvalue weighted by molar-refractivity contribution is -0.0201. The average Bonchev–Trinajstić information content (AvgIpc) is 2.67. The zero-order chi connectivity index (χ0) is 19.1. The van der Waals surface area contributed by atoms with Crippen molar-refractivity contribution < 1.29 is 9.50 Å². The fourth-order valence-corrected chi connectivity index (χ4v) is 4.52. The van der Waals surface area contributed by atoms with E-state index >= 15 is 0 Å². The van der Waals surface area contributed by atoms with E-state index in [0.717, 1.165) is 42.5 Å². The smallest absolute Gasteiger partial charge is 0.124 e. The maximum atomic E-state index is 13.8. The summed E-state index contributed by atoms with van der Waals surface area (Å²) in [5.74, 6) is -0.246. The Morgan fingerprint density at radius 3 is 2.41 bits per heavy atom. The minimum absolute atomic E-state index is 0.246. The molecular formula is C23H25FN2O. The lowest BCUT2D eigenvalue weighted by atomic mass is 9.63. The molecule has 0 amide bonds. The molecule has 140 valence electrons. The Bertz CT molecular complexity index is 941. The number of hydrogen-bond acceptors (Lipinski definition) is 3. The van der Waals surface area contributed by atoms with Crippen LogP contribution >= 0.6 is 0 Å². The monoisotopic (exact) mass is 364 g/mol. The van der Waals surface area contributed by atoms with Crippen molar-refractivity contribution in [3.8, 4) is 0 Å². The van der Waals surface area contributed by atoms with Crippen LogP contribution in [-0.4, -0.2) is 28.8 Å². The Hall–Kier alpha value is -2.46. The van der Waals surface area contributed by atoms with Gasteiger partial charge in [-0.2, -0.15) is 0 Å². The van der Waals surface area contributed by atoms with Crippen LogP contribution in [0.4, 0.5) is 10.1 Å². The number of pyridine rings is 1. The largest absolute Gasteiger partial charge is 0.390 e. The van der Waals surface area contributed by atoms with Gasteiger partial charge in [-0.05, 0) is 56.5 Å². The van der Waals surface area contributed by atoms with Crippen molar-refractivity contribution in [1.82, 2.24) is 4.98 Å². The number of aliphatic hydroxyl groups is 1. The summed E-state index contributed by atoms with van der Waals surface area (Å²) in [5.41, 5.74) is 1.88. The number of rotatable bonds is 3. The minimum Gasteiger partial charge on any atom is -0.390 e. The molecule has 0 aliphatic carbocycles. The molecule has 0 spiro atoms. The highest BCUT2D eigenvalue weighted by molar-refractivity contribution is 5.91. The third-order valence-corrected chi connectivity index (χ3v) is 6.14. The molecule has 2 aromatic carbocycles. The molecule has 0 saturated carbocycles. The van der Waals surface area contributed by atoms with Gasteiger partial charge in [-0.3, -0.25) is 4.98 Å². The number of fused-ring (bicyclic) bond motifs is 1. The Labute approximate surface area is 159 Å². The highest BCUT2D eigenvalue weighted by Crippen LogP contribution is 2.45. The summed E-state index contributed by atoms with van der Waals surface area (Å²) in [6.45, 7) is 5.42. The van der Waals surface area contributed by atoms with E-state index in [4.69, 9.17) is 0 Å². The first-order valence-corrected chi connectivity index (χ1v) is 9.48. The Kier molecular flexibility index (Phi) is 4.39. The van der Waals surface area contributed by atoms with Crippen molar-refractivity contribution in [3.05, 3.63) is 72.2 Å². The van der Waals surface area contributed by atoms with Gasteiger partial charge >= 0.3 is 0 Å². The first-order valence-electron chi connectivity index (χ1n) is 9.48. The molecule has 0 atom stereocenters. The summed E-state index contributed by atoms with van der Waals surface area (Å²) in [7, 11) is 0. The zero-order valence-corrected chi connectivity index (χ0v) is 15.8. The second-order valence-corrected chi connectivity index (χ2v) is 7.99. The highest BCUT2D eigenvalue weighted by Gasteiger charge is 2.47. The van der Waals surface area contributed by atoms with Crippen molar-refractivity contribution in [1.29, 1.82) is 0 Å². The van der Waals surface area contributed by atoms with Gasteiger partial charge in [-0.15, -0.1) is 0 Å². The summed E-state index contributed by atoms with van der Waals surface area (Å²) in [5, 5.41) is 11.9. The van der Waals surface area contributed by atoms with Gasteiger partial charge in [0, 0.05) is 35.8 Å². The molecule has 4 rings (SSSR count). The summed E-state index contributed by atoms with van der Waals surface area (Å²) < 4.78 is 13.8. The predicted molar refractivity (Wildman–Crippen MR) is 108 cm³/mol. The van der Waals surface area contributed by atoms with Gasteiger partial charge in [-0.1, -0.05) is 30.3 Å². The molecule has 3 aromatic rings. The molecule has 1 aliphatic rings. The van der Waals surface area contributed by atoms with E-state index in [9.17, 15) is 9.50 Å². The quantitative estimate of drug-likeness (QED) is 0.733. The van der Waals surface area contributed by atoms with Gasteiger partial charge in [0.25, 0.3) is 0 Å². The van der Waals surface area contributed by atoms with Crippen molar-refractivity contribution in [2.45, 2.75) is 37.7 Å². The number of nitrogens with zero attached hydrogens (tertiary/aromatic N) is 2. The van der Waals surface area contributed by atoms with Crippen molar-refractivity contribution >= 4 is 16.6 Å². The lowest BCUT2D eigenvalue weighted by Gasteiger charge is -2.50. The van der Waals surface area contributed by atoms with E-state index in [1.807, 2.05) is 38.1 Å². The van der Waals surface area contributed by atoms with E-state index < -0.39 is 5.60 Å². The summed E-state index contributed by atoms with van der Waals surface area (Å²) >= 11 is 0. The fraction of sp³-hybridized carbons (Fsp3) is 0.348. The standard InChI is InChI=1S/C23H25FN2O/c1-22(2,27)23(17-6-4-3-5-7-17)11-14-26(15-12-23)21-10-13-25-20-9-8-18(24)16-19(20)21/h3-10,13,16,27H,11-12,14-15H2,1-2H3. The minimum atomic E-state index is -0.827. The fourth-order valence-electron chi connectivity index (χ4n) is 4.52. The van der Waals surface area contributed by atoms with Crippen LogP contribution in [-0.2, 0) is 5.41 Å². The number of aromatic nitrogens is 1. The molecule has 1 fully saturated rings. The number of hydrogen-bond donors (Lipinski definition) is 1. The van der Waals surface area contributed by atoms with Gasteiger partial charge in [0.15, 0.2) is 0 Å². The van der Waals surface area contributed by atoms with Gasteiger partial charge in [-0.25, -0.2) is 4.39 Å². The molecular weight excluding hydrogens is 339 g/mol. The van der Waals surface area contributed by atoms with Crippen molar-refractivity contribution in [2.75, 3.05) is 18.0 Å². The Balaban J connectivity index is 1.68. The second-order valence-electron chi connectivity index (χ2n) is 7.99. The molecule has 0 unspecified atom stereocenters. The number of anilines is 1. The molecule has 1 N–H and O–H groups in total. The number of piperidine rings is 1. The van der Waals surface area contributed by atoms with Crippen LogP contribution in [0.5, 0.6) is 0 Å². The average molecular weight is 364 g/mol. The summed E-state index contributed by atoms with van der Waals surface area (Å²) in [6.07, 6.45) is 3.45. The van der Waals surface area contributed by atoms with Gasteiger partial charge in [0.2, 0.25) is 0 Å². The molecule has 0 radical (unpaired) electrons. The first-order chi connectivity index (χ1) is 12.9. The maximum absolute atomic E-state index is 13.8. The first kappa shape index (κ1) is 17.9. The van der Waals surface area contributed by atoms with Crippen LogP contribution < -0.4 is 4.90 Å². The zero-order valence-electron chi connectivity index (χ0n) is 15.8. The summed E-state index contributed by atoms with van der Waals surface area (Å²) in [6, 6.07) is 17.0. The van der Waals surface area contributed by atoms with Crippen LogP contribution in [0.3, 0.4) is 0 Å². The molecule has 2 heterocycles. The van der Waals surface area contributed by atoms with E-state index in [2.05, 4.69) is 22.0 Å². The predicted octanol–water partition coefficient (Wildman–Crippen LogP) is 4.68. The number of benzene rings is 2. The Morgan fingerprint density at radius 2 is 1.74 bits per heavy atom. The molecule has 3 nitrogen and oxygen atoms in total. The third-order valence-electron chi connectivity index (χ3n) is 6.14. The van der Waals surface area contributed by atoms with E-state index in [-0.39, 0.29) is 11.2 Å². The van der Waals surface area contributed by atoms with E-state index in [1.54, 1.807) is 18.3 Å². The van der Waals surface area contributed by atoms with Crippen LogP contribution in [0.1, 0.15) is 32.3 Å². The highest BCUT2D eigenvalue weighted by atomic mass is 19.1. The number of halogens is 1. The van der Waals surface area contributed by atoms with Crippen LogP contribution in [0.25, 0.3) is 10.9 Å². The molecule has 1 aromatic heterocycles. The summed E-state index contributed by atoms with van der Waals surface area (Å²) in [4.78, 5) is 6.65. The van der Waals surface area contributed by atoms with E-state index in [1.165, 1.54) is 11.6 Å². The maximum Gasteiger partial charge on any atom is 0.124 e. The van der Waals surface area contributed by atoms with Crippen LogP contribution in [0, 0.1) is 5.82 Å². The van der Waals surface area contributed by atoms with Gasteiger partial charge in [0.05, 0.1) is 11.1 Å². The molecule has 4 heteroatoms. The van der Waals surface area contributed by atoms with Gasteiger partial charge in [0.1, 0.15) is 5.82 Å². The molecule has 27 heavy (non-hydrogen) atoms. The SMILES string of the molecule is CC(C)(O)C1(c2ccccc2)CCN(c2ccnc3ccc(F)cc23)CC1. The van der Waals surface area contributed by atoms with E-state index in [0.29, 0.717) is 0 Å². The third kappa shape index (κ3) is 3.08. The van der Waals surface area contributed by atoms with Gasteiger partial charge < -0.3 is 10.0 Å². The molecule has 0 bridgehead atoms. The van der Waals surface area contributed by atoms with Crippen LogP contribution in [0.2, 0.25) is 0 Å². The van der Waals surface area contributed by atoms with Crippen LogP contribution in [0.15, 0.2) is 60.8 Å². The Morgan fingerprint density at radius 1 is 1.04 bits per heavy atom. The molecule has 1 saturated heterocycles. The topological polar surface area (TPSA) is 36.4 Å². The van der Waals surface area contributed by atoms with Crippen molar-refractivity contribution in [3.63, 3.8) is 0 Å². The normalized spacial score (nSPS) is 17.3. The second kappa shape index (κ2) is 6.61. The van der Waals surface area contributed by atoms with Crippen molar-refractivity contribution in [2.24, 2.45) is 0 Å².